The number of para-hydroxylation sites is 1. The molecular formula is C24H34N4O. The summed E-state index contributed by atoms with van der Waals surface area (Å²) in [5.74, 6) is 1.87. The van der Waals surface area contributed by atoms with Gasteiger partial charge < -0.3 is 20.3 Å². The molecule has 1 saturated heterocycles. The van der Waals surface area contributed by atoms with E-state index in [-0.39, 0.29) is 0 Å². The van der Waals surface area contributed by atoms with E-state index < -0.39 is 0 Å². The third kappa shape index (κ3) is 6.14. The van der Waals surface area contributed by atoms with Crippen LogP contribution in [0.2, 0.25) is 0 Å². The molecule has 2 aromatic rings. The van der Waals surface area contributed by atoms with Crippen LogP contribution in [0.15, 0.2) is 53.5 Å². The number of aliphatic imine (C=N–C) groups is 1. The summed E-state index contributed by atoms with van der Waals surface area (Å²) in [4.78, 5) is 7.26. The molecule has 0 aliphatic carbocycles. The van der Waals surface area contributed by atoms with E-state index in [2.05, 4.69) is 77.9 Å². The van der Waals surface area contributed by atoms with Crippen molar-refractivity contribution in [3.8, 4) is 5.75 Å². The number of methoxy groups -OCH3 is 1. The first-order valence-corrected chi connectivity index (χ1v) is 10.7. The molecule has 1 heterocycles. The molecule has 5 heteroatoms. The van der Waals surface area contributed by atoms with Crippen molar-refractivity contribution in [2.45, 2.75) is 39.2 Å². The van der Waals surface area contributed by atoms with Crippen LogP contribution in [0.4, 0.5) is 5.69 Å². The Morgan fingerprint density at radius 1 is 1.14 bits per heavy atom. The van der Waals surface area contributed by atoms with E-state index in [1.807, 2.05) is 0 Å². The zero-order valence-electron chi connectivity index (χ0n) is 17.9. The third-order valence-corrected chi connectivity index (χ3v) is 5.44. The molecule has 1 aliphatic rings. The molecule has 0 amide bonds. The van der Waals surface area contributed by atoms with Gasteiger partial charge in [0.15, 0.2) is 5.96 Å². The number of piperidine rings is 1. The van der Waals surface area contributed by atoms with Crippen molar-refractivity contribution in [2.75, 3.05) is 38.2 Å². The molecule has 5 nitrogen and oxygen atoms in total. The Kier molecular flexibility index (Phi) is 7.79. The Balaban J connectivity index is 1.51. The zero-order chi connectivity index (χ0) is 20.5. The van der Waals surface area contributed by atoms with Gasteiger partial charge in [0.05, 0.1) is 7.11 Å². The van der Waals surface area contributed by atoms with Crippen molar-refractivity contribution in [2.24, 2.45) is 4.99 Å². The highest BCUT2D eigenvalue weighted by molar-refractivity contribution is 5.80. The van der Waals surface area contributed by atoms with Gasteiger partial charge in [-0.15, -0.1) is 0 Å². The van der Waals surface area contributed by atoms with Crippen LogP contribution in [0.25, 0.3) is 0 Å². The number of benzene rings is 2. The van der Waals surface area contributed by atoms with E-state index in [1.165, 1.54) is 11.3 Å². The molecule has 0 spiro atoms. The van der Waals surface area contributed by atoms with Gasteiger partial charge >= 0.3 is 0 Å². The predicted molar refractivity (Wildman–Crippen MR) is 122 cm³/mol. The summed E-state index contributed by atoms with van der Waals surface area (Å²) in [6, 6.07) is 17.5. The summed E-state index contributed by atoms with van der Waals surface area (Å²) in [7, 11) is 1.72. The first-order chi connectivity index (χ1) is 14.2. The molecule has 156 valence electrons. The Labute approximate surface area is 175 Å². The monoisotopic (exact) mass is 394 g/mol. The van der Waals surface area contributed by atoms with Crippen LogP contribution in [-0.4, -0.2) is 45.3 Å². The van der Waals surface area contributed by atoms with Crippen molar-refractivity contribution >= 4 is 11.6 Å². The fourth-order valence-electron chi connectivity index (χ4n) is 3.75. The van der Waals surface area contributed by atoms with Crippen LogP contribution in [0, 0.1) is 6.92 Å². The molecular weight excluding hydrogens is 360 g/mol. The van der Waals surface area contributed by atoms with Crippen LogP contribution in [0.3, 0.4) is 0 Å². The average molecular weight is 395 g/mol. The fourth-order valence-corrected chi connectivity index (χ4v) is 3.75. The van der Waals surface area contributed by atoms with Gasteiger partial charge in [-0.05, 0) is 62.4 Å². The Hall–Kier alpha value is -2.69. The van der Waals surface area contributed by atoms with Crippen LogP contribution in [0.1, 0.15) is 30.9 Å². The summed E-state index contributed by atoms with van der Waals surface area (Å²) in [5.41, 5.74) is 3.74. The molecule has 2 aromatic carbocycles. The average Bonchev–Trinajstić information content (AvgIpc) is 2.76. The SMILES string of the molecule is CCNC(=NCCc1ccc(C)c(OC)c1)NC1CCN(c2ccccc2)CC1. The lowest BCUT2D eigenvalue weighted by Crippen LogP contribution is -2.48. The number of anilines is 1. The number of ether oxygens (including phenoxy) is 1. The first kappa shape index (κ1) is 21.0. The van der Waals surface area contributed by atoms with Crippen LogP contribution >= 0.6 is 0 Å². The minimum absolute atomic E-state index is 0.465. The number of hydrogen-bond acceptors (Lipinski definition) is 3. The van der Waals surface area contributed by atoms with Crippen molar-refractivity contribution in [1.82, 2.24) is 10.6 Å². The normalized spacial score (nSPS) is 15.3. The highest BCUT2D eigenvalue weighted by Crippen LogP contribution is 2.20. The maximum Gasteiger partial charge on any atom is 0.191 e. The summed E-state index contributed by atoms with van der Waals surface area (Å²) < 4.78 is 5.43. The number of aryl methyl sites for hydroxylation is 1. The largest absolute Gasteiger partial charge is 0.496 e. The second-order valence-corrected chi connectivity index (χ2v) is 7.56. The number of nitrogens with zero attached hydrogens (tertiary/aromatic N) is 2. The van der Waals surface area contributed by atoms with Crippen LogP contribution < -0.4 is 20.3 Å². The first-order valence-electron chi connectivity index (χ1n) is 10.7. The smallest absolute Gasteiger partial charge is 0.191 e. The lowest BCUT2D eigenvalue weighted by Gasteiger charge is -2.34. The van der Waals surface area contributed by atoms with E-state index in [1.54, 1.807) is 7.11 Å². The maximum atomic E-state index is 5.43. The molecule has 0 saturated carbocycles. The van der Waals surface area contributed by atoms with E-state index in [0.29, 0.717) is 6.04 Å². The lowest BCUT2D eigenvalue weighted by atomic mass is 10.0. The van der Waals surface area contributed by atoms with Gasteiger partial charge in [0.1, 0.15) is 5.75 Å². The second kappa shape index (κ2) is 10.7. The quantitative estimate of drug-likeness (QED) is 0.554. The second-order valence-electron chi connectivity index (χ2n) is 7.56. The highest BCUT2D eigenvalue weighted by Gasteiger charge is 2.20. The van der Waals surface area contributed by atoms with Crippen molar-refractivity contribution in [3.05, 3.63) is 59.7 Å². The van der Waals surface area contributed by atoms with E-state index in [0.717, 1.165) is 62.7 Å². The van der Waals surface area contributed by atoms with E-state index in [4.69, 9.17) is 9.73 Å². The van der Waals surface area contributed by atoms with E-state index >= 15 is 0 Å². The molecule has 0 atom stereocenters. The van der Waals surface area contributed by atoms with Gasteiger partial charge in [0.2, 0.25) is 0 Å². The number of guanidine groups is 1. The zero-order valence-corrected chi connectivity index (χ0v) is 17.9. The number of hydrogen-bond donors (Lipinski definition) is 2. The number of nitrogens with one attached hydrogen (secondary N) is 2. The maximum absolute atomic E-state index is 5.43. The van der Waals surface area contributed by atoms with Crippen molar-refractivity contribution in [1.29, 1.82) is 0 Å². The minimum atomic E-state index is 0.465. The topological polar surface area (TPSA) is 48.9 Å². The summed E-state index contributed by atoms with van der Waals surface area (Å²) in [5, 5.41) is 7.03. The van der Waals surface area contributed by atoms with Crippen LogP contribution in [0.5, 0.6) is 5.75 Å². The van der Waals surface area contributed by atoms with Gasteiger partial charge in [0.25, 0.3) is 0 Å². The molecule has 0 aromatic heterocycles. The Bertz CT molecular complexity index is 783. The summed E-state index contributed by atoms with van der Waals surface area (Å²) >= 11 is 0. The van der Waals surface area contributed by atoms with Crippen LogP contribution in [-0.2, 0) is 6.42 Å². The van der Waals surface area contributed by atoms with E-state index in [9.17, 15) is 0 Å². The molecule has 1 fully saturated rings. The fraction of sp³-hybridized carbons (Fsp3) is 0.458. The van der Waals surface area contributed by atoms with Gasteiger partial charge in [-0.3, -0.25) is 4.99 Å². The Morgan fingerprint density at radius 2 is 1.90 bits per heavy atom. The lowest BCUT2D eigenvalue weighted by molar-refractivity contribution is 0.411. The molecule has 0 bridgehead atoms. The van der Waals surface area contributed by atoms with Gasteiger partial charge in [-0.1, -0.05) is 30.3 Å². The molecule has 0 unspecified atom stereocenters. The molecule has 1 aliphatic heterocycles. The predicted octanol–water partition coefficient (Wildman–Crippen LogP) is 3.77. The van der Waals surface area contributed by atoms with Crippen molar-refractivity contribution < 1.29 is 4.74 Å². The van der Waals surface area contributed by atoms with Gasteiger partial charge in [-0.25, -0.2) is 0 Å². The Morgan fingerprint density at radius 3 is 2.59 bits per heavy atom. The van der Waals surface area contributed by atoms with Gasteiger partial charge in [0, 0.05) is 37.9 Å². The molecule has 0 radical (unpaired) electrons. The van der Waals surface area contributed by atoms with Gasteiger partial charge in [-0.2, -0.15) is 0 Å². The molecule has 29 heavy (non-hydrogen) atoms. The number of rotatable bonds is 7. The third-order valence-electron chi connectivity index (χ3n) is 5.44. The minimum Gasteiger partial charge on any atom is -0.496 e. The van der Waals surface area contributed by atoms with Crippen molar-refractivity contribution in [3.63, 3.8) is 0 Å². The highest BCUT2D eigenvalue weighted by atomic mass is 16.5. The summed E-state index contributed by atoms with van der Waals surface area (Å²) in [6.07, 6.45) is 3.14. The molecule has 3 rings (SSSR count). The standard InChI is InChI=1S/C24H34N4O/c1-4-25-24(26-15-12-20-11-10-19(2)23(18-20)29-3)27-21-13-16-28(17-14-21)22-8-6-5-7-9-22/h5-11,18,21H,4,12-17H2,1-3H3,(H2,25,26,27). The summed E-state index contributed by atoms with van der Waals surface area (Å²) in [6.45, 7) is 7.95. The molecule has 2 N–H and O–H groups in total.